The number of fused-ring (bicyclic) bond motifs is 1. The second-order valence-corrected chi connectivity index (χ2v) is 9.54. The molecule has 0 aliphatic carbocycles. The van der Waals surface area contributed by atoms with Crippen LogP contribution in [-0.2, 0) is 35.4 Å². The quantitative estimate of drug-likeness (QED) is 0.437. The highest BCUT2D eigenvalue weighted by Crippen LogP contribution is 2.38. The average Bonchev–Trinajstić information content (AvgIpc) is 3.13. The molecule has 1 heterocycles. The summed E-state index contributed by atoms with van der Waals surface area (Å²) in [6, 6.07) is 13.4. The molecule has 1 aliphatic rings. The monoisotopic (exact) mass is 517 g/mol. The standard InChI is InChI=1S/C27H23ClF3NO4/c1-27(12-17-5-7-20(28)22(30)10-17)13-19-9-16(6-8-23(19)36-27)11-24(33)32(15-25(34)35)14-18-3-2-4-21(29)26(18)31/h2-10H,11-15H2,1H3,(H,34,35). The Hall–Kier alpha value is -3.52. The number of carboxylic acids is 1. The Morgan fingerprint density at radius 2 is 1.81 bits per heavy atom. The van der Waals surface area contributed by atoms with Crippen LogP contribution in [0.1, 0.15) is 29.2 Å². The molecule has 1 aliphatic heterocycles. The number of carboxylic acid groups (broad SMARTS) is 1. The lowest BCUT2D eigenvalue weighted by Crippen LogP contribution is -2.36. The van der Waals surface area contributed by atoms with Gasteiger partial charge in [0.15, 0.2) is 11.6 Å². The van der Waals surface area contributed by atoms with E-state index in [4.69, 9.17) is 16.3 Å². The van der Waals surface area contributed by atoms with E-state index in [1.54, 1.807) is 18.2 Å². The van der Waals surface area contributed by atoms with Gasteiger partial charge in [0.25, 0.3) is 0 Å². The first kappa shape index (κ1) is 25.6. The Balaban J connectivity index is 1.47. The number of halogens is 4. The van der Waals surface area contributed by atoms with Crippen molar-refractivity contribution in [1.82, 2.24) is 4.90 Å². The predicted octanol–water partition coefficient (Wildman–Crippen LogP) is 5.35. The van der Waals surface area contributed by atoms with E-state index >= 15 is 0 Å². The molecule has 188 valence electrons. The average molecular weight is 518 g/mol. The molecule has 1 atom stereocenters. The van der Waals surface area contributed by atoms with Gasteiger partial charge in [-0.25, -0.2) is 13.2 Å². The normalized spacial score (nSPS) is 16.4. The van der Waals surface area contributed by atoms with Gasteiger partial charge in [-0.3, -0.25) is 9.59 Å². The summed E-state index contributed by atoms with van der Waals surface area (Å²) >= 11 is 5.77. The van der Waals surface area contributed by atoms with E-state index in [-0.39, 0.29) is 23.6 Å². The number of amides is 1. The number of carbonyl (C=O) groups is 2. The van der Waals surface area contributed by atoms with Gasteiger partial charge in [-0.1, -0.05) is 41.9 Å². The largest absolute Gasteiger partial charge is 0.487 e. The third-order valence-electron chi connectivity index (χ3n) is 6.03. The zero-order valence-electron chi connectivity index (χ0n) is 19.4. The molecule has 3 aromatic rings. The summed E-state index contributed by atoms with van der Waals surface area (Å²) in [4.78, 5) is 25.2. The van der Waals surface area contributed by atoms with Crippen LogP contribution in [-0.4, -0.2) is 34.0 Å². The van der Waals surface area contributed by atoms with Crippen LogP contribution in [0.15, 0.2) is 54.6 Å². The number of carbonyl (C=O) groups excluding carboxylic acids is 1. The van der Waals surface area contributed by atoms with Gasteiger partial charge in [0.1, 0.15) is 23.7 Å². The van der Waals surface area contributed by atoms with Crippen LogP contribution < -0.4 is 4.74 Å². The highest BCUT2D eigenvalue weighted by molar-refractivity contribution is 6.30. The van der Waals surface area contributed by atoms with Crippen molar-refractivity contribution in [2.75, 3.05) is 6.54 Å². The minimum Gasteiger partial charge on any atom is -0.487 e. The summed E-state index contributed by atoms with van der Waals surface area (Å²) in [5, 5.41) is 9.28. The Morgan fingerprint density at radius 3 is 2.53 bits per heavy atom. The predicted molar refractivity (Wildman–Crippen MR) is 127 cm³/mol. The fourth-order valence-electron chi connectivity index (χ4n) is 4.42. The molecule has 1 N–H and O–H groups in total. The van der Waals surface area contributed by atoms with Crippen molar-refractivity contribution in [3.63, 3.8) is 0 Å². The van der Waals surface area contributed by atoms with Gasteiger partial charge in [-0.2, -0.15) is 0 Å². The molecule has 0 spiro atoms. The summed E-state index contributed by atoms with van der Waals surface area (Å²) in [5.41, 5.74) is 1.48. The van der Waals surface area contributed by atoms with Crippen molar-refractivity contribution in [3.8, 4) is 5.75 Å². The summed E-state index contributed by atoms with van der Waals surface area (Å²) in [6.45, 7) is 0.879. The van der Waals surface area contributed by atoms with Gasteiger partial charge in [0, 0.05) is 24.9 Å². The van der Waals surface area contributed by atoms with Crippen LogP contribution in [0.2, 0.25) is 5.02 Å². The molecule has 5 nitrogen and oxygen atoms in total. The van der Waals surface area contributed by atoms with Crippen molar-refractivity contribution in [2.45, 2.75) is 38.3 Å². The van der Waals surface area contributed by atoms with Crippen molar-refractivity contribution < 1.29 is 32.6 Å². The molecule has 0 fully saturated rings. The van der Waals surface area contributed by atoms with E-state index in [9.17, 15) is 27.9 Å². The fourth-order valence-corrected chi connectivity index (χ4v) is 4.54. The van der Waals surface area contributed by atoms with E-state index < -0.39 is 41.5 Å². The fraction of sp³-hybridized carbons (Fsp3) is 0.259. The van der Waals surface area contributed by atoms with Crippen LogP contribution in [0.3, 0.4) is 0 Å². The number of hydrogen-bond acceptors (Lipinski definition) is 3. The van der Waals surface area contributed by atoms with E-state index in [0.717, 1.165) is 22.1 Å². The van der Waals surface area contributed by atoms with E-state index in [1.807, 2.05) is 13.0 Å². The third-order valence-corrected chi connectivity index (χ3v) is 6.34. The molecule has 0 saturated heterocycles. The number of aliphatic carboxylic acids is 1. The van der Waals surface area contributed by atoms with Crippen LogP contribution in [0.25, 0.3) is 0 Å². The maximum Gasteiger partial charge on any atom is 0.323 e. The van der Waals surface area contributed by atoms with E-state index in [0.29, 0.717) is 24.2 Å². The van der Waals surface area contributed by atoms with Crippen molar-refractivity contribution >= 4 is 23.5 Å². The van der Waals surface area contributed by atoms with Crippen LogP contribution in [0.4, 0.5) is 13.2 Å². The summed E-state index contributed by atoms with van der Waals surface area (Å²) < 4.78 is 47.7. The van der Waals surface area contributed by atoms with Crippen molar-refractivity contribution in [3.05, 3.63) is 99.3 Å². The number of ether oxygens (including phenoxy) is 1. The second kappa shape index (κ2) is 10.2. The molecule has 3 aromatic carbocycles. The highest BCUT2D eigenvalue weighted by Gasteiger charge is 2.35. The molecule has 0 bridgehead atoms. The maximum atomic E-state index is 14.1. The second-order valence-electron chi connectivity index (χ2n) is 9.13. The van der Waals surface area contributed by atoms with Gasteiger partial charge >= 0.3 is 5.97 Å². The Kier molecular flexibility index (Phi) is 7.26. The van der Waals surface area contributed by atoms with Crippen LogP contribution in [0.5, 0.6) is 5.75 Å². The first-order valence-electron chi connectivity index (χ1n) is 11.2. The van der Waals surface area contributed by atoms with Gasteiger partial charge in [0.2, 0.25) is 5.91 Å². The molecule has 0 saturated carbocycles. The van der Waals surface area contributed by atoms with E-state index in [2.05, 4.69) is 0 Å². The van der Waals surface area contributed by atoms with Crippen LogP contribution >= 0.6 is 11.6 Å². The molecular formula is C27H23ClF3NO4. The van der Waals surface area contributed by atoms with Gasteiger partial charge in [-0.15, -0.1) is 0 Å². The zero-order valence-corrected chi connectivity index (χ0v) is 20.1. The minimum absolute atomic E-state index is 0.0471. The SMILES string of the molecule is CC1(Cc2ccc(Cl)c(F)c2)Cc2cc(CC(=O)N(CC(=O)O)Cc3cccc(F)c3F)ccc2O1. The molecule has 9 heteroatoms. The maximum absolute atomic E-state index is 14.1. The number of hydrogen-bond donors (Lipinski definition) is 1. The Labute approximate surface area is 211 Å². The number of benzene rings is 3. The Morgan fingerprint density at radius 1 is 1.06 bits per heavy atom. The minimum atomic E-state index is -1.27. The molecular weight excluding hydrogens is 495 g/mol. The molecule has 1 amide bonds. The smallest absolute Gasteiger partial charge is 0.323 e. The van der Waals surface area contributed by atoms with Crippen molar-refractivity contribution in [1.29, 1.82) is 0 Å². The number of nitrogens with zero attached hydrogens (tertiary/aromatic N) is 1. The van der Waals surface area contributed by atoms with Gasteiger partial charge in [0.05, 0.1) is 11.4 Å². The zero-order chi connectivity index (χ0) is 26.0. The molecule has 4 rings (SSSR count). The third kappa shape index (κ3) is 5.82. The summed E-state index contributed by atoms with van der Waals surface area (Å²) in [6.07, 6.45) is 0.828. The lowest BCUT2D eigenvalue weighted by Gasteiger charge is -2.24. The van der Waals surface area contributed by atoms with Crippen molar-refractivity contribution in [2.24, 2.45) is 0 Å². The topological polar surface area (TPSA) is 66.8 Å². The first-order valence-corrected chi connectivity index (χ1v) is 11.6. The molecule has 0 aromatic heterocycles. The molecule has 36 heavy (non-hydrogen) atoms. The first-order chi connectivity index (χ1) is 17.0. The van der Waals surface area contributed by atoms with E-state index in [1.165, 1.54) is 24.3 Å². The summed E-state index contributed by atoms with van der Waals surface area (Å²) in [7, 11) is 0. The molecule has 0 radical (unpaired) electrons. The molecule has 1 unspecified atom stereocenters. The van der Waals surface area contributed by atoms with Gasteiger partial charge < -0.3 is 14.7 Å². The Bertz CT molecular complexity index is 1330. The summed E-state index contributed by atoms with van der Waals surface area (Å²) in [5.74, 6) is -3.85. The highest BCUT2D eigenvalue weighted by atomic mass is 35.5. The lowest BCUT2D eigenvalue weighted by molar-refractivity contribution is -0.144. The number of rotatable bonds is 8. The lowest BCUT2D eigenvalue weighted by atomic mass is 9.91. The van der Waals surface area contributed by atoms with Gasteiger partial charge in [-0.05, 0) is 47.9 Å². The van der Waals surface area contributed by atoms with Crippen LogP contribution in [0, 0.1) is 17.5 Å².